The van der Waals surface area contributed by atoms with E-state index >= 15 is 0 Å². The van der Waals surface area contributed by atoms with Crippen molar-refractivity contribution < 1.29 is 19.1 Å². The Morgan fingerprint density at radius 1 is 1.21 bits per heavy atom. The summed E-state index contributed by atoms with van der Waals surface area (Å²) in [5.74, 6) is -1.64. The van der Waals surface area contributed by atoms with E-state index in [1.165, 1.54) is 23.9 Å². The fourth-order valence-corrected chi connectivity index (χ4v) is 3.27. The molecule has 7 nitrogen and oxygen atoms in total. The molecule has 146 valence electrons. The first-order valence-electron chi connectivity index (χ1n) is 8.95. The molecule has 1 aromatic carbocycles. The molecule has 0 saturated heterocycles. The number of hydrogen-bond donors (Lipinski definition) is 2. The van der Waals surface area contributed by atoms with Gasteiger partial charge in [-0.3, -0.25) is 19.4 Å². The lowest BCUT2D eigenvalue weighted by molar-refractivity contribution is -0.147. The summed E-state index contributed by atoms with van der Waals surface area (Å²) in [6.45, 7) is -0.768. The third-order valence-corrected chi connectivity index (χ3v) is 4.65. The number of fused-ring (bicyclic) bond motifs is 1. The molecule has 3 rings (SSSR count). The highest BCUT2D eigenvalue weighted by atomic mass is 35.5. The molecule has 0 spiro atoms. The summed E-state index contributed by atoms with van der Waals surface area (Å²) < 4.78 is 4.93. The van der Waals surface area contributed by atoms with Crippen molar-refractivity contribution in [3.8, 4) is 0 Å². The van der Waals surface area contributed by atoms with Crippen LogP contribution < -0.4 is 10.6 Å². The Morgan fingerprint density at radius 2 is 2.04 bits per heavy atom. The number of pyridine rings is 1. The van der Waals surface area contributed by atoms with E-state index < -0.39 is 18.5 Å². The monoisotopic (exact) mass is 401 g/mol. The van der Waals surface area contributed by atoms with Crippen molar-refractivity contribution in [2.75, 3.05) is 13.2 Å². The van der Waals surface area contributed by atoms with Gasteiger partial charge in [0.1, 0.15) is 12.2 Å². The molecule has 8 heteroatoms. The van der Waals surface area contributed by atoms with Crippen LogP contribution in [-0.2, 0) is 20.7 Å². The number of carbonyl (C=O) groups is 3. The van der Waals surface area contributed by atoms with Gasteiger partial charge in [0.2, 0.25) is 0 Å². The van der Waals surface area contributed by atoms with E-state index in [2.05, 4.69) is 21.7 Å². The Kier molecular flexibility index (Phi) is 6.60. The minimum Gasteiger partial charge on any atom is -0.454 e. The molecule has 0 aliphatic heterocycles. The predicted molar refractivity (Wildman–Crippen MR) is 103 cm³/mol. The lowest BCUT2D eigenvalue weighted by atomic mass is 9.88. The molecule has 0 bridgehead atoms. The van der Waals surface area contributed by atoms with Crippen LogP contribution in [0.15, 0.2) is 42.6 Å². The summed E-state index contributed by atoms with van der Waals surface area (Å²) in [6.07, 6.45) is 4.23. The van der Waals surface area contributed by atoms with Gasteiger partial charge in [0.15, 0.2) is 6.61 Å². The van der Waals surface area contributed by atoms with E-state index in [4.69, 9.17) is 16.3 Å². The molecule has 2 aromatic rings. The molecule has 1 aromatic heterocycles. The third kappa shape index (κ3) is 5.29. The van der Waals surface area contributed by atoms with Gasteiger partial charge in [-0.2, -0.15) is 0 Å². The lowest BCUT2D eigenvalue weighted by Crippen LogP contribution is -2.36. The molecule has 0 unspecified atom stereocenters. The molecular weight excluding hydrogens is 382 g/mol. The third-order valence-electron chi connectivity index (χ3n) is 4.42. The SMILES string of the molecule is O=C(COC(=O)CNC(=O)c1cc(Cl)ccn1)N[C@H]1CCCc2ccccc21. The van der Waals surface area contributed by atoms with Gasteiger partial charge in [-0.15, -0.1) is 0 Å². The Bertz CT molecular complexity index is 887. The van der Waals surface area contributed by atoms with Crippen molar-refractivity contribution in [3.63, 3.8) is 0 Å². The normalized spacial score (nSPS) is 15.2. The molecule has 28 heavy (non-hydrogen) atoms. The van der Waals surface area contributed by atoms with E-state index in [-0.39, 0.29) is 24.2 Å². The molecule has 0 saturated carbocycles. The molecule has 2 amide bonds. The van der Waals surface area contributed by atoms with Gasteiger partial charge in [-0.05, 0) is 42.5 Å². The maximum Gasteiger partial charge on any atom is 0.325 e. The first-order chi connectivity index (χ1) is 13.5. The van der Waals surface area contributed by atoms with Crippen LogP contribution in [-0.4, -0.2) is 35.9 Å². The van der Waals surface area contributed by atoms with Crippen LogP contribution in [0.5, 0.6) is 0 Å². The number of nitrogens with one attached hydrogen (secondary N) is 2. The van der Waals surface area contributed by atoms with Crippen LogP contribution in [0.1, 0.15) is 40.5 Å². The van der Waals surface area contributed by atoms with E-state index in [0.29, 0.717) is 5.02 Å². The first-order valence-corrected chi connectivity index (χ1v) is 9.33. The van der Waals surface area contributed by atoms with Crippen LogP contribution in [0.2, 0.25) is 5.02 Å². The predicted octanol–water partition coefficient (Wildman–Crippen LogP) is 2.20. The fraction of sp³-hybridized carbons (Fsp3) is 0.300. The minimum absolute atomic E-state index is 0.0789. The number of rotatable bonds is 6. The highest BCUT2D eigenvalue weighted by molar-refractivity contribution is 6.30. The van der Waals surface area contributed by atoms with Crippen LogP contribution in [0.4, 0.5) is 0 Å². The van der Waals surface area contributed by atoms with Crippen molar-refractivity contribution in [2.24, 2.45) is 0 Å². The Morgan fingerprint density at radius 3 is 2.86 bits per heavy atom. The van der Waals surface area contributed by atoms with Crippen molar-refractivity contribution >= 4 is 29.4 Å². The summed E-state index contributed by atoms with van der Waals surface area (Å²) in [5.41, 5.74) is 2.43. The summed E-state index contributed by atoms with van der Waals surface area (Å²) in [7, 11) is 0. The number of carbonyl (C=O) groups excluding carboxylic acids is 3. The maximum absolute atomic E-state index is 12.1. The first kappa shape index (κ1) is 19.8. The van der Waals surface area contributed by atoms with Gasteiger partial charge in [0.05, 0.1) is 6.04 Å². The smallest absolute Gasteiger partial charge is 0.325 e. The van der Waals surface area contributed by atoms with Gasteiger partial charge in [0, 0.05) is 11.2 Å². The van der Waals surface area contributed by atoms with Gasteiger partial charge in [-0.25, -0.2) is 0 Å². The van der Waals surface area contributed by atoms with Crippen molar-refractivity contribution in [1.29, 1.82) is 0 Å². The molecule has 2 N–H and O–H groups in total. The topological polar surface area (TPSA) is 97.4 Å². The number of aromatic nitrogens is 1. The highest BCUT2D eigenvalue weighted by Gasteiger charge is 2.21. The molecule has 0 radical (unpaired) electrons. The van der Waals surface area contributed by atoms with Gasteiger partial charge in [-0.1, -0.05) is 35.9 Å². The van der Waals surface area contributed by atoms with Gasteiger partial charge in [0.25, 0.3) is 11.8 Å². The molecule has 1 atom stereocenters. The molecular formula is C20H20ClN3O4. The second-order valence-corrected chi connectivity index (χ2v) is 6.85. The van der Waals surface area contributed by atoms with Crippen molar-refractivity contribution in [3.05, 3.63) is 64.4 Å². The molecule has 1 aliphatic rings. The standard InChI is InChI=1S/C20H20ClN3O4/c21-14-8-9-22-17(10-14)20(27)23-11-19(26)28-12-18(25)24-16-7-3-5-13-4-1-2-6-15(13)16/h1-2,4,6,8-10,16H,3,5,7,11-12H2,(H,23,27)(H,24,25)/t16-/m0/s1. The van der Waals surface area contributed by atoms with E-state index in [1.54, 1.807) is 0 Å². The lowest BCUT2D eigenvalue weighted by Gasteiger charge is -2.26. The zero-order valence-corrected chi connectivity index (χ0v) is 15.9. The second-order valence-electron chi connectivity index (χ2n) is 6.41. The number of esters is 1. The van der Waals surface area contributed by atoms with Gasteiger partial charge < -0.3 is 15.4 Å². The van der Waals surface area contributed by atoms with E-state index in [0.717, 1.165) is 24.8 Å². The Balaban J connectivity index is 1.42. The minimum atomic E-state index is -0.713. The fourth-order valence-electron chi connectivity index (χ4n) is 3.11. The summed E-state index contributed by atoms with van der Waals surface area (Å²) in [6, 6.07) is 10.8. The van der Waals surface area contributed by atoms with E-state index in [1.807, 2.05) is 18.2 Å². The molecule has 1 heterocycles. The second kappa shape index (κ2) is 9.32. The average molecular weight is 402 g/mol. The average Bonchev–Trinajstić information content (AvgIpc) is 2.71. The van der Waals surface area contributed by atoms with Crippen LogP contribution in [0, 0.1) is 0 Å². The quantitative estimate of drug-likeness (QED) is 0.723. The number of benzene rings is 1. The number of aryl methyl sites for hydroxylation is 1. The summed E-state index contributed by atoms with van der Waals surface area (Å²) in [4.78, 5) is 39.7. The number of amides is 2. The van der Waals surface area contributed by atoms with Crippen molar-refractivity contribution in [1.82, 2.24) is 15.6 Å². The van der Waals surface area contributed by atoms with E-state index in [9.17, 15) is 14.4 Å². The maximum atomic E-state index is 12.1. The molecule has 1 aliphatic carbocycles. The largest absolute Gasteiger partial charge is 0.454 e. The van der Waals surface area contributed by atoms with Crippen LogP contribution in [0.3, 0.4) is 0 Å². The number of ether oxygens (including phenoxy) is 1. The zero-order valence-electron chi connectivity index (χ0n) is 15.1. The van der Waals surface area contributed by atoms with Crippen molar-refractivity contribution in [2.45, 2.75) is 25.3 Å². The Labute approximate surface area is 167 Å². The number of hydrogen-bond acceptors (Lipinski definition) is 5. The van der Waals surface area contributed by atoms with Gasteiger partial charge >= 0.3 is 5.97 Å². The van der Waals surface area contributed by atoms with Crippen LogP contribution >= 0.6 is 11.6 Å². The summed E-state index contributed by atoms with van der Waals surface area (Å²) in [5, 5.41) is 5.64. The molecule has 0 fully saturated rings. The van der Waals surface area contributed by atoms with Crippen LogP contribution in [0.25, 0.3) is 0 Å². The number of halogens is 1. The number of nitrogens with zero attached hydrogens (tertiary/aromatic N) is 1. The zero-order chi connectivity index (χ0) is 19.9. The Hall–Kier alpha value is -2.93. The summed E-state index contributed by atoms with van der Waals surface area (Å²) >= 11 is 5.79. The highest BCUT2D eigenvalue weighted by Crippen LogP contribution is 2.29.